The maximum Gasteiger partial charge on any atom is 0.127 e. The zero-order chi connectivity index (χ0) is 13.4. The molecule has 92 valence electrons. The monoisotopic (exact) mass is 239 g/mol. The van der Waals surface area contributed by atoms with Crippen molar-refractivity contribution in [2.75, 3.05) is 0 Å². The lowest BCUT2D eigenvalue weighted by Crippen LogP contribution is -1.84. The van der Waals surface area contributed by atoms with Gasteiger partial charge >= 0.3 is 0 Å². The number of nitrogens with zero attached hydrogens (tertiary/aromatic N) is 1. The quantitative estimate of drug-likeness (QED) is 0.762. The molecule has 0 N–H and O–H groups in total. The largest absolute Gasteiger partial charge is 0.457 e. The summed E-state index contributed by atoms with van der Waals surface area (Å²) in [5.41, 5.74) is 1.84. The van der Waals surface area contributed by atoms with Gasteiger partial charge in [-0.3, -0.25) is 0 Å². The van der Waals surface area contributed by atoms with Gasteiger partial charge in [0.2, 0.25) is 0 Å². The first-order chi connectivity index (χ1) is 8.78. The first kappa shape index (κ1) is 13.8. The molecule has 0 aromatic heterocycles. The van der Waals surface area contributed by atoms with E-state index >= 15 is 0 Å². The van der Waals surface area contributed by atoms with Crippen molar-refractivity contribution in [2.24, 2.45) is 0 Å². The highest BCUT2D eigenvalue weighted by Crippen LogP contribution is 2.21. The van der Waals surface area contributed by atoms with Crippen LogP contribution in [0.3, 0.4) is 0 Å². The van der Waals surface area contributed by atoms with E-state index in [9.17, 15) is 0 Å². The van der Waals surface area contributed by atoms with Gasteiger partial charge in [-0.05, 0) is 43.3 Å². The van der Waals surface area contributed by atoms with Crippen molar-refractivity contribution in [3.05, 3.63) is 59.7 Å². The molecule has 0 saturated carbocycles. The number of ether oxygens (including phenoxy) is 1. The smallest absolute Gasteiger partial charge is 0.127 e. The first-order valence-electron chi connectivity index (χ1n) is 6.02. The van der Waals surface area contributed by atoms with Crippen LogP contribution < -0.4 is 4.74 Å². The molecule has 0 radical (unpaired) electrons. The van der Waals surface area contributed by atoms with Crippen LogP contribution in [0.25, 0.3) is 0 Å². The zero-order valence-corrected chi connectivity index (χ0v) is 11.0. The summed E-state index contributed by atoms with van der Waals surface area (Å²) in [5, 5.41) is 8.66. The second kappa shape index (κ2) is 7.13. The molecule has 0 fully saturated rings. The van der Waals surface area contributed by atoms with Gasteiger partial charge in [-0.2, -0.15) is 5.26 Å². The molecule has 0 aliphatic carbocycles. The Labute approximate surface area is 108 Å². The first-order valence-corrected chi connectivity index (χ1v) is 6.02. The van der Waals surface area contributed by atoms with Crippen molar-refractivity contribution in [1.29, 1.82) is 5.26 Å². The summed E-state index contributed by atoms with van der Waals surface area (Å²) in [6.07, 6.45) is 0. The van der Waals surface area contributed by atoms with Gasteiger partial charge in [0.1, 0.15) is 11.5 Å². The molecule has 0 spiro atoms. The Kier molecular flexibility index (Phi) is 5.47. The van der Waals surface area contributed by atoms with Crippen molar-refractivity contribution >= 4 is 0 Å². The van der Waals surface area contributed by atoms with Crippen LogP contribution in [0.4, 0.5) is 0 Å². The molecule has 2 aromatic carbocycles. The second-order valence-electron chi connectivity index (χ2n) is 3.55. The van der Waals surface area contributed by atoms with E-state index in [4.69, 9.17) is 10.00 Å². The molecule has 2 rings (SSSR count). The van der Waals surface area contributed by atoms with Crippen LogP contribution >= 0.6 is 0 Å². The van der Waals surface area contributed by atoms with Crippen molar-refractivity contribution in [2.45, 2.75) is 20.8 Å². The van der Waals surface area contributed by atoms with E-state index in [0.717, 1.165) is 11.5 Å². The highest BCUT2D eigenvalue weighted by Gasteiger charge is 1.97. The Balaban J connectivity index is 0.000000771. The molecule has 0 unspecified atom stereocenters. The maximum atomic E-state index is 8.66. The fourth-order valence-electron chi connectivity index (χ4n) is 1.34. The topological polar surface area (TPSA) is 33.0 Å². The fraction of sp³-hybridized carbons (Fsp3) is 0.188. The van der Waals surface area contributed by atoms with Crippen molar-refractivity contribution in [3.8, 4) is 17.6 Å². The van der Waals surface area contributed by atoms with Gasteiger partial charge in [-0.1, -0.05) is 31.5 Å². The molecule has 18 heavy (non-hydrogen) atoms. The van der Waals surface area contributed by atoms with Crippen LogP contribution in [-0.2, 0) is 0 Å². The Morgan fingerprint density at radius 3 is 1.72 bits per heavy atom. The van der Waals surface area contributed by atoms with E-state index in [1.54, 1.807) is 24.3 Å². The summed E-state index contributed by atoms with van der Waals surface area (Å²) < 4.78 is 5.62. The minimum Gasteiger partial charge on any atom is -0.457 e. The molecule has 2 aromatic rings. The SMILES string of the molecule is CC.Cc1ccc(Oc2ccc(C#N)cc2)cc1. The summed E-state index contributed by atoms with van der Waals surface area (Å²) in [6, 6.07) is 17.0. The highest BCUT2D eigenvalue weighted by atomic mass is 16.5. The van der Waals surface area contributed by atoms with Crippen molar-refractivity contribution in [3.63, 3.8) is 0 Å². The van der Waals surface area contributed by atoms with Crippen LogP contribution in [0.5, 0.6) is 11.5 Å². The van der Waals surface area contributed by atoms with Crippen LogP contribution in [0.15, 0.2) is 48.5 Å². The van der Waals surface area contributed by atoms with Gasteiger partial charge in [-0.15, -0.1) is 0 Å². The Bertz CT molecular complexity index is 506. The average Bonchev–Trinajstić information content (AvgIpc) is 2.44. The normalized spacial score (nSPS) is 8.78. The molecule has 0 amide bonds. The summed E-state index contributed by atoms with van der Waals surface area (Å²) in [6.45, 7) is 6.03. The third-order valence-corrected chi connectivity index (χ3v) is 2.24. The van der Waals surface area contributed by atoms with E-state index in [2.05, 4.69) is 6.07 Å². The number of benzene rings is 2. The lowest BCUT2D eigenvalue weighted by molar-refractivity contribution is 0.482. The molecule has 0 saturated heterocycles. The molecule has 0 aliphatic heterocycles. The van der Waals surface area contributed by atoms with E-state index in [-0.39, 0.29) is 0 Å². The van der Waals surface area contributed by atoms with Gasteiger partial charge in [0.25, 0.3) is 0 Å². The molecule has 0 heterocycles. The standard InChI is InChI=1S/C14H11NO.C2H6/c1-11-2-6-13(7-3-11)16-14-8-4-12(10-15)5-9-14;1-2/h2-9H,1H3;1-2H3. The van der Waals surface area contributed by atoms with E-state index in [1.165, 1.54) is 5.56 Å². The van der Waals surface area contributed by atoms with Crippen molar-refractivity contribution < 1.29 is 4.74 Å². The maximum absolute atomic E-state index is 8.66. The summed E-state index contributed by atoms with van der Waals surface area (Å²) in [4.78, 5) is 0. The molecule has 2 nitrogen and oxygen atoms in total. The Hall–Kier alpha value is -2.27. The van der Waals surface area contributed by atoms with Crippen molar-refractivity contribution in [1.82, 2.24) is 0 Å². The van der Waals surface area contributed by atoms with Gasteiger partial charge in [0, 0.05) is 0 Å². The van der Waals surface area contributed by atoms with Gasteiger partial charge < -0.3 is 4.74 Å². The number of aryl methyl sites for hydroxylation is 1. The second-order valence-corrected chi connectivity index (χ2v) is 3.55. The van der Waals surface area contributed by atoms with Crippen LogP contribution in [0, 0.1) is 18.3 Å². The molecular weight excluding hydrogens is 222 g/mol. The lowest BCUT2D eigenvalue weighted by Gasteiger charge is -2.05. The summed E-state index contributed by atoms with van der Waals surface area (Å²) >= 11 is 0. The highest BCUT2D eigenvalue weighted by molar-refractivity contribution is 5.37. The third-order valence-electron chi connectivity index (χ3n) is 2.24. The Morgan fingerprint density at radius 2 is 1.28 bits per heavy atom. The third kappa shape index (κ3) is 3.95. The average molecular weight is 239 g/mol. The molecule has 0 aliphatic rings. The number of rotatable bonds is 2. The zero-order valence-electron chi connectivity index (χ0n) is 11.0. The summed E-state index contributed by atoms with van der Waals surface area (Å²) in [7, 11) is 0. The molecule has 0 bridgehead atoms. The molecule has 2 heteroatoms. The van der Waals surface area contributed by atoms with Gasteiger partial charge in [0.05, 0.1) is 11.6 Å². The Morgan fingerprint density at radius 1 is 0.833 bits per heavy atom. The van der Waals surface area contributed by atoms with E-state index in [0.29, 0.717) is 5.56 Å². The van der Waals surface area contributed by atoms with E-state index in [1.807, 2.05) is 45.0 Å². The number of hydrogen-bond acceptors (Lipinski definition) is 2. The van der Waals surface area contributed by atoms with Crippen LogP contribution in [0.1, 0.15) is 25.0 Å². The minimum atomic E-state index is 0.635. The molecular formula is C16H17NO. The lowest BCUT2D eigenvalue weighted by atomic mass is 10.2. The number of nitriles is 1. The van der Waals surface area contributed by atoms with Crippen LogP contribution in [0.2, 0.25) is 0 Å². The minimum absolute atomic E-state index is 0.635. The van der Waals surface area contributed by atoms with Gasteiger partial charge in [-0.25, -0.2) is 0 Å². The van der Waals surface area contributed by atoms with Crippen LogP contribution in [-0.4, -0.2) is 0 Å². The summed E-state index contributed by atoms with van der Waals surface area (Å²) in [5.74, 6) is 1.54. The van der Waals surface area contributed by atoms with E-state index < -0.39 is 0 Å². The number of hydrogen-bond donors (Lipinski definition) is 0. The fourth-order valence-corrected chi connectivity index (χ4v) is 1.34. The predicted molar refractivity (Wildman–Crippen MR) is 73.8 cm³/mol. The predicted octanol–water partition coefficient (Wildman–Crippen LogP) is 4.69. The molecule has 0 atom stereocenters. The van der Waals surface area contributed by atoms with Gasteiger partial charge in [0.15, 0.2) is 0 Å².